The summed E-state index contributed by atoms with van der Waals surface area (Å²) in [5, 5.41) is 3.88. The molecule has 0 saturated heterocycles. The SMILES string of the molecule is COC(=S)Nc1cccc(Cl)c1COc1ccc(C)cc1Br. The molecule has 0 aliphatic heterocycles. The van der Waals surface area contributed by atoms with Gasteiger partial charge in [0.05, 0.1) is 11.6 Å². The third-order valence-corrected chi connectivity index (χ3v) is 4.24. The Morgan fingerprint density at radius 3 is 2.77 bits per heavy atom. The highest BCUT2D eigenvalue weighted by Gasteiger charge is 2.10. The number of hydrogen-bond acceptors (Lipinski definition) is 3. The topological polar surface area (TPSA) is 30.5 Å². The number of hydrogen-bond donors (Lipinski definition) is 1. The molecule has 0 spiro atoms. The Morgan fingerprint density at radius 2 is 2.09 bits per heavy atom. The number of halogens is 2. The van der Waals surface area contributed by atoms with Crippen LogP contribution < -0.4 is 10.1 Å². The predicted octanol–water partition coefficient (Wildman–Crippen LogP) is 5.33. The third-order valence-electron chi connectivity index (χ3n) is 3.00. The highest BCUT2D eigenvalue weighted by Crippen LogP contribution is 2.30. The Labute approximate surface area is 148 Å². The summed E-state index contributed by atoms with van der Waals surface area (Å²) in [5.74, 6) is 0.755. The molecular formula is C16H15BrClNO2S. The number of methoxy groups -OCH3 is 1. The maximum Gasteiger partial charge on any atom is 0.260 e. The van der Waals surface area contributed by atoms with Crippen LogP contribution >= 0.6 is 39.7 Å². The van der Waals surface area contributed by atoms with Gasteiger partial charge < -0.3 is 14.8 Å². The lowest BCUT2D eigenvalue weighted by Gasteiger charge is -2.15. The molecule has 6 heteroatoms. The Kier molecular flexibility index (Phi) is 6.06. The quantitative estimate of drug-likeness (QED) is 0.702. The zero-order valence-electron chi connectivity index (χ0n) is 12.2. The summed E-state index contributed by atoms with van der Waals surface area (Å²) in [5.41, 5.74) is 2.74. The van der Waals surface area contributed by atoms with Gasteiger partial charge in [-0.05, 0) is 64.9 Å². The van der Waals surface area contributed by atoms with Crippen LogP contribution in [0.5, 0.6) is 5.75 Å². The number of rotatable bonds is 4. The van der Waals surface area contributed by atoms with Crippen LogP contribution in [0.25, 0.3) is 0 Å². The van der Waals surface area contributed by atoms with E-state index in [9.17, 15) is 0 Å². The second kappa shape index (κ2) is 7.81. The molecule has 0 aromatic heterocycles. The van der Waals surface area contributed by atoms with Crippen molar-refractivity contribution in [3.8, 4) is 5.75 Å². The van der Waals surface area contributed by atoms with E-state index in [4.69, 9.17) is 33.3 Å². The summed E-state index contributed by atoms with van der Waals surface area (Å²) in [4.78, 5) is 0. The van der Waals surface area contributed by atoms with Crippen LogP contribution in [0.15, 0.2) is 40.9 Å². The van der Waals surface area contributed by atoms with Crippen molar-refractivity contribution < 1.29 is 9.47 Å². The van der Waals surface area contributed by atoms with Gasteiger partial charge in [0.1, 0.15) is 12.4 Å². The van der Waals surface area contributed by atoms with Crippen molar-refractivity contribution >= 4 is 50.6 Å². The minimum Gasteiger partial charge on any atom is -0.488 e. The van der Waals surface area contributed by atoms with E-state index in [0.29, 0.717) is 11.6 Å². The van der Waals surface area contributed by atoms with E-state index in [0.717, 1.165) is 27.0 Å². The minimum atomic E-state index is 0.278. The summed E-state index contributed by atoms with van der Waals surface area (Å²) in [7, 11) is 1.51. The van der Waals surface area contributed by atoms with Gasteiger partial charge in [0.25, 0.3) is 5.17 Å². The molecule has 22 heavy (non-hydrogen) atoms. The maximum atomic E-state index is 6.27. The highest BCUT2D eigenvalue weighted by molar-refractivity contribution is 9.10. The third kappa shape index (κ3) is 4.35. The first-order valence-electron chi connectivity index (χ1n) is 6.52. The van der Waals surface area contributed by atoms with Crippen molar-refractivity contribution in [1.29, 1.82) is 0 Å². The molecule has 3 nitrogen and oxygen atoms in total. The smallest absolute Gasteiger partial charge is 0.260 e. The standard InChI is InChI=1S/C16H15BrClNO2S/c1-10-6-7-15(12(17)8-10)21-9-11-13(18)4-3-5-14(11)19-16(22)20-2/h3-8H,9H2,1-2H3,(H,19,22). The van der Waals surface area contributed by atoms with Crippen LogP contribution in [-0.2, 0) is 11.3 Å². The second-order valence-corrected chi connectivity index (χ2v) is 6.24. The van der Waals surface area contributed by atoms with Crippen LogP contribution in [0.3, 0.4) is 0 Å². The number of benzene rings is 2. The largest absolute Gasteiger partial charge is 0.488 e. The molecule has 116 valence electrons. The molecule has 2 aromatic carbocycles. The van der Waals surface area contributed by atoms with Crippen LogP contribution in [-0.4, -0.2) is 12.3 Å². The first-order valence-corrected chi connectivity index (χ1v) is 8.10. The maximum absolute atomic E-state index is 6.27. The molecule has 0 atom stereocenters. The zero-order valence-corrected chi connectivity index (χ0v) is 15.3. The van der Waals surface area contributed by atoms with E-state index < -0.39 is 0 Å². The van der Waals surface area contributed by atoms with Crippen molar-refractivity contribution in [1.82, 2.24) is 0 Å². The van der Waals surface area contributed by atoms with Crippen LogP contribution in [0, 0.1) is 6.92 Å². The second-order valence-electron chi connectivity index (χ2n) is 4.61. The van der Waals surface area contributed by atoms with Crippen molar-refractivity contribution in [2.75, 3.05) is 12.4 Å². The monoisotopic (exact) mass is 399 g/mol. The summed E-state index contributed by atoms with van der Waals surface area (Å²) in [6, 6.07) is 11.4. The molecule has 0 aliphatic carbocycles. The molecular weight excluding hydrogens is 386 g/mol. The van der Waals surface area contributed by atoms with E-state index in [-0.39, 0.29) is 5.17 Å². The summed E-state index contributed by atoms with van der Waals surface area (Å²) in [6.07, 6.45) is 0. The number of thiocarbonyl (C=S) groups is 1. The van der Waals surface area contributed by atoms with Crippen LogP contribution in [0.2, 0.25) is 5.02 Å². The van der Waals surface area contributed by atoms with Gasteiger partial charge in [-0.3, -0.25) is 0 Å². The zero-order chi connectivity index (χ0) is 16.1. The molecule has 2 rings (SSSR count). The molecule has 0 unspecified atom stereocenters. The van der Waals surface area contributed by atoms with Gasteiger partial charge >= 0.3 is 0 Å². The molecule has 0 saturated carbocycles. The fourth-order valence-electron chi connectivity index (χ4n) is 1.86. The van der Waals surface area contributed by atoms with Gasteiger partial charge in [0, 0.05) is 16.3 Å². The lowest BCUT2D eigenvalue weighted by Crippen LogP contribution is -2.13. The van der Waals surface area contributed by atoms with Gasteiger partial charge in [-0.25, -0.2) is 0 Å². The highest BCUT2D eigenvalue weighted by atomic mass is 79.9. The van der Waals surface area contributed by atoms with Gasteiger partial charge in [0.15, 0.2) is 0 Å². The minimum absolute atomic E-state index is 0.278. The van der Waals surface area contributed by atoms with Gasteiger partial charge in [-0.2, -0.15) is 0 Å². The Morgan fingerprint density at radius 1 is 1.32 bits per heavy atom. The van der Waals surface area contributed by atoms with E-state index in [1.165, 1.54) is 7.11 Å². The average Bonchev–Trinajstić information content (AvgIpc) is 2.48. The van der Waals surface area contributed by atoms with Crippen LogP contribution in [0.1, 0.15) is 11.1 Å². The fourth-order valence-corrected chi connectivity index (χ4v) is 2.80. The summed E-state index contributed by atoms with van der Waals surface area (Å²) >= 11 is 14.8. The first-order chi connectivity index (χ1) is 10.5. The lowest BCUT2D eigenvalue weighted by atomic mass is 10.2. The first kappa shape index (κ1) is 17.1. The summed E-state index contributed by atoms with van der Waals surface area (Å²) in [6.45, 7) is 2.34. The van der Waals surface area contributed by atoms with Gasteiger partial charge in [-0.1, -0.05) is 23.7 Å². The number of anilines is 1. The van der Waals surface area contributed by atoms with Crippen molar-refractivity contribution in [3.05, 3.63) is 57.0 Å². The summed E-state index contributed by atoms with van der Waals surface area (Å²) < 4.78 is 11.7. The molecule has 0 fully saturated rings. The molecule has 0 bridgehead atoms. The predicted molar refractivity (Wildman–Crippen MR) is 97.9 cm³/mol. The molecule has 2 aromatic rings. The average molecular weight is 401 g/mol. The normalized spacial score (nSPS) is 10.2. The van der Waals surface area contributed by atoms with E-state index in [1.54, 1.807) is 0 Å². The molecule has 0 aliphatic rings. The molecule has 0 heterocycles. The molecule has 0 radical (unpaired) electrons. The van der Waals surface area contributed by atoms with E-state index in [1.807, 2.05) is 43.3 Å². The Balaban J connectivity index is 2.19. The molecule has 0 amide bonds. The fraction of sp³-hybridized carbons (Fsp3) is 0.188. The number of ether oxygens (including phenoxy) is 2. The van der Waals surface area contributed by atoms with Crippen molar-refractivity contribution in [2.24, 2.45) is 0 Å². The van der Waals surface area contributed by atoms with E-state index >= 15 is 0 Å². The number of aryl methyl sites for hydroxylation is 1. The number of nitrogens with one attached hydrogen (secondary N) is 1. The van der Waals surface area contributed by atoms with Crippen molar-refractivity contribution in [2.45, 2.75) is 13.5 Å². The Bertz CT molecular complexity index is 694. The van der Waals surface area contributed by atoms with Gasteiger partial charge in [0.2, 0.25) is 0 Å². The van der Waals surface area contributed by atoms with Crippen LogP contribution in [0.4, 0.5) is 5.69 Å². The van der Waals surface area contributed by atoms with Crippen molar-refractivity contribution in [3.63, 3.8) is 0 Å². The van der Waals surface area contributed by atoms with Gasteiger partial charge in [-0.15, -0.1) is 0 Å². The Hall–Kier alpha value is -1.30. The molecule has 1 N–H and O–H groups in total. The van der Waals surface area contributed by atoms with E-state index in [2.05, 4.69) is 21.2 Å². The lowest BCUT2D eigenvalue weighted by molar-refractivity contribution is 0.305.